The minimum atomic E-state index is -0.192. The molecule has 91 valence electrons. The Bertz CT molecular complexity index is 329. The maximum Gasteiger partial charge on any atom is 0.0713 e. The second kappa shape index (κ2) is 8.96. The van der Waals surface area contributed by atoms with Crippen LogP contribution in [0.4, 0.5) is 0 Å². The van der Waals surface area contributed by atoms with Gasteiger partial charge in [0.05, 0.1) is 9.52 Å². The topological polar surface area (TPSA) is 12.0 Å². The van der Waals surface area contributed by atoms with Crippen molar-refractivity contribution < 1.29 is 0 Å². The highest BCUT2D eigenvalue weighted by atomic mass is 28.2. The summed E-state index contributed by atoms with van der Waals surface area (Å²) in [4.78, 5) is 0. The molecule has 0 fully saturated rings. The van der Waals surface area contributed by atoms with Crippen LogP contribution in [0.25, 0.3) is 0 Å². The molecule has 1 nitrogen and oxygen atoms in total. The molecule has 1 radical (unpaired) electrons. The Balaban J connectivity index is 0.000000249. The Kier molecular flexibility index (Phi) is 7.35. The van der Waals surface area contributed by atoms with Crippen molar-refractivity contribution in [2.75, 3.05) is 13.1 Å². The third-order valence-electron chi connectivity index (χ3n) is 2.48. The second-order valence-electron chi connectivity index (χ2n) is 3.91. The van der Waals surface area contributed by atoms with E-state index in [-0.39, 0.29) is 9.52 Å². The van der Waals surface area contributed by atoms with Gasteiger partial charge in [0, 0.05) is 5.54 Å². The zero-order chi connectivity index (χ0) is 12.3. The molecule has 0 aromatic heterocycles. The summed E-state index contributed by atoms with van der Waals surface area (Å²) in [7, 11) is -0.192. The Hall–Kier alpha value is -1.12. The molecule has 1 aliphatic rings. The van der Waals surface area contributed by atoms with Crippen LogP contribution in [-0.2, 0) is 0 Å². The lowest BCUT2D eigenvalue weighted by molar-refractivity contribution is 0.762. The molecular formula is C15H22NSi. The van der Waals surface area contributed by atoms with E-state index in [9.17, 15) is 0 Å². The summed E-state index contributed by atoms with van der Waals surface area (Å²) in [5.74, 6) is 0. The van der Waals surface area contributed by atoms with E-state index < -0.39 is 0 Å². The Labute approximate surface area is 107 Å². The smallest absolute Gasteiger partial charge is 0.0713 e. The first kappa shape index (κ1) is 13.9. The van der Waals surface area contributed by atoms with Crippen LogP contribution in [0.1, 0.15) is 13.8 Å². The molecule has 0 bridgehead atoms. The van der Waals surface area contributed by atoms with E-state index in [0.29, 0.717) is 0 Å². The van der Waals surface area contributed by atoms with Crippen molar-refractivity contribution in [1.29, 1.82) is 0 Å². The summed E-state index contributed by atoms with van der Waals surface area (Å²) in [6.45, 7) is 6.39. The van der Waals surface area contributed by atoms with E-state index in [1.807, 2.05) is 0 Å². The molecule has 1 N–H and O–H groups in total. The quantitative estimate of drug-likeness (QED) is 0.796. The third-order valence-corrected chi connectivity index (χ3v) is 4.24. The molecule has 0 atom stereocenters. The highest BCUT2D eigenvalue weighted by Gasteiger charge is 2.05. The summed E-state index contributed by atoms with van der Waals surface area (Å²) in [6, 6.07) is 10.7. The fourth-order valence-corrected chi connectivity index (χ4v) is 3.10. The van der Waals surface area contributed by atoms with Crippen molar-refractivity contribution in [3.05, 3.63) is 60.2 Å². The molecule has 0 saturated carbocycles. The number of nitrogens with one attached hydrogen (secondary N) is 1. The third kappa shape index (κ3) is 6.24. The zero-order valence-electron chi connectivity index (χ0n) is 10.8. The van der Waals surface area contributed by atoms with Gasteiger partial charge in [-0.3, -0.25) is 0 Å². The molecule has 0 unspecified atom stereocenters. The summed E-state index contributed by atoms with van der Waals surface area (Å²) in [5.41, 5.74) is 1.53. The fourth-order valence-electron chi connectivity index (χ4n) is 1.61. The Morgan fingerprint density at radius 3 is 2.00 bits per heavy atom. The number of allylic oxidation sites excluding steroid dienone is 4. The van der Waals surface area contributed by atoms with Gasteiger partial charge in [-0.2, -0.15) is 0 Å². The lowest BCUT2D eigenvalue weighted by Crippen LogP contribution is -2.18. The minimum absolute atomic E-state index is 0.192. The van der Waals surface area contributed by atoms with Crippen molar-refractivity contribution in [3.8, 4) is 0 Å². The predicted molar refractivity (Wildman–Crippen MR) is 80.4 cm³/mol. The molecule has 2 heteroatoms. The molecule has 1 aromatic carbocycles. The van der Waals surface area contributed by atoms with Crippen LogP contribution in [-0.4, -0.2) is 22.6 Å². The van der Waals surface area contributed by atoms with Crippen molar-refractivity contribution in [3.63, 3.8) is 0 Å². The first-order valence-corrected chi connectivity index (χ1v) is 7.73. The van der Waals surface area contributed by atoms with Crippen molar-refractivity contribution in [2.24, 2.45) is 0 Å². The minimum Gasteiger partial charge on any atom is -0.317 e. The standard InChI is InChI=1S/C11H11Si.C4H11N/c1-2-6-10(7-3-1)12-11-8-4-5-9-11;1-3-5-4-2/h1-9H,12H2;5H,3-4H2,1-2H3. The van der Waals surface area contributed by atoms with Crippen LogP contribution in [0.15, 0.2) is 54.6 Å². The molecule has 0 spiro atoms. The van der Waals surface area contributed by atoms with Gasteiger partial charge in [0.1, 0.15) is 0 Å². The van der Waals surface area contributed by atoms with Crippen molar-refractivity contribution in [2.45, 2.75) is 13.8 Å². The number of hydrogen-bond donors (Lipinski definition) is 1. The molecule has 0 aliphatic heterocycles. The van der Waals surface area contributed by atoms with Gasteiger partial charge in [-0.05, 0) is 13.1 Å². The van der Waals surface area contributed by atoms with E-state index in [1.54, 1.807) is 0 Å². The van der Waals surface area contributed by atoms with E-state index in [4.69, 9.17) is 0 Å². The summed E-state index contributed by atoms with van der Waals surface area (Å²) < 4.78 is 0. The van der Waals surface area contributed by atoms with Crippen LogP contribution < -0.4 is 10.5 Å². The fraction of sp³-hybridized carbons (Fsp3) is 0.267. The molecule has 0 saturated heterocycles. The van der Waals surface area contributed by atoms with Crippen LogP contribution in [0.5, 0.6) is 0 Å². The van der Waals surface area contributed by atoms with Crippen LogP contribution in [0.3, 0.4) is 0 Å². The average molecular weight is 244 g/mol. The van der Waals surface area contributed by atoms with Gasteiger partial charge in [0.2, 0.25) is 0 Å². The SMILES string of the molecule is C1=C[C]([SiH2]c2ccccc2)C=C1.CCNCC. The number of hydrogen-bond acceptors (Lipinski definition) is 1. The summed E-state index contributed by atoms with van der Waals surface area (Å²) in [5, 5.41) is 4.63. The Morgan fingerprint density at radius 1 is 0.941 bits per heavy atom. The Morgan fingerprint density at radius 2 is 1.53 bits per heavy atom. The van der Waals surface area contributed by atoms with Gasteiger partial charge in [-0.15, -0.1) is 0 Å². The van der Waals surface area contributed by atoms with Crippen LogP contribution in [0.2, 0.25) is 0 Å². The van der Waals surface area contributed by atoms with E-state index in [1.165, 1.54) is 10.7 Å². The first-order chi connectivity index (χ1) is 8.36. The van der Waals surface area contributed by atoms with Crippen molar-refractivity contribution >= 4 is 14.7 Å². The van der Waals surface area contributed by atoms with E-state index in [0.717, 1.165) is 13.1 Å². The normalized spacial score (nSPS) is 14.2. The maximum absolute atomic E-state index is 3.11. The molecule has 2 rings (SSSR count). The lowest BCUT2D eigenvalue weighted by Gasteiger charge is -2.02. The molecule has 0 amide bonds. The molecular weight excluding hydrogens is 222 g/mol. The van der Waals surface area contributed by atoms with E-state index >= 15 is 0 Å². The molecule has 17 heavy (non-hydrogen) atoms. The number of rotatable bonds is 4. The average Bonchev–Trinajstić information content (AvgIpc) is 2.85. The van der Waals surface area contributed by atoms with Crippen molar-refractivity contribution in [1.82, 2.24) is 5.32 Å². The lowest BCUT2D eigenvalue weighted by atomic mass is 10.4. The summed E-state index contributed by atoms with van der Waals surface area (Å²) >= 11 is 0. The largest absolute Gasteiger partial charge is 0.317 e. The van der Waals surface area contributed by atoms with Gasteiger partial charge in [-0.1, -0.05) is 73.7 Å². The number of benzene rings is 1. The van der Waals surface area contributed by atoms with Crippen LogP contribution in [0, 0.1) is 5.54 Å². The first-order valence-electron chi connectivity index (χ1n) is 6.32. The molecule has 1 aromatic rings. The predicted octanol–water partition coefficient (Wildman–Crippen LogP) is 1.75. The van der Waals surface area contributed by atoms with E-state index in [2.05, 4.69) is 73.8 Å². The second-order valence-corrected chi connectivity index (χ2v) is 5.90. The monoisotopic (exact) mass is 244 g/mol. The highest BCUT2D eigenvalue weighted by Crippen LogP contribution is 2.08. The van der Waals surface area contributed by atoms with Gasteiger partial charge in [-0.25, -0.2) is 0 Å². The van der Waals surface area contributed by atoms with Crippen LogP contribution >= 0.6 is 0 Å². The van der Waals surface area contributed by atoms with Gasteiger partial charge < -0.3 is 5.32 Å². The zero-order valence-corrected chi connectivity index (χ0v) is 12.2. The van der Waals surface area contributed by atoms with Gasteiger partial charge >= 0.3 is 0 Å². The summed E-state index contributed by atoms with van der Waals surface area (Å²) in [6.07, 6.45) is 8.68. The maximum atomic E-state index is 3.11. The van der Waals surface area contributed by atoms with Gasteiger partial charge in [0.15, 0.2) is 0 Å². The molecule has 1 aliphatic carbocycles. The van der Waals surface area contributed by atoms with Gasteiger partial charge in [0.25, 0.3) is 0 Å². The highest BCUT2D eigenvalue weighted by molar-refractivity contribution is 6.60. The molecule has 0 heterocycles.